The Kier molecular flexibility index (Phi) is 4.01. The van der Waals surface area contributed by atoms with Gasteiger partial charge in [0.2, 0.25) is 10.0 Å². The van der Waals surface area contributed by atoms with E-state index in [2.05, 4.69) is 24.2 Å². The van der Waals surface area contributed by atoms with E-state index < -0.39 is 10.0 Å². The average molecular weight is 195 g/mol. The van der Waals surface area contributed by atoms with Crippen molar-refractivity contribution in [1.82, 2.24) is 10.3 Å². The Hall–Kier alpha value is -0.660. The molecule has 0 unspecified atom stereocenters. The molecule has 4 N–H and O–H groups in total. The van der Waals surface area contributed by atoms with E-state index in [0.29, 0.717) is 0 Å². The Morgan fingerprint density at radius 2 is 2.27 bits per heavy atom. The fourth-order valence-corrected chi connectivity index (χ4v) is 1.10. The zero-order valence-electron chi connectivity index (χ0n) is 5.70. The van der Waals surface area contributed by atoms with Crippen molar-refractivity contribution in [2.45, 2.75) is 0 Å². The third-order valence-corrected chi connectivity index (χ3v) is 1.86. The van der Waals surface area contributed by atoms with E-state index in [0.717, 1.165) is 0 Å². The Morgan fingerprint density at radius 3 is 2.64 bits per heavy atom. The highest BCUT2D eigenvalue weighted by Crippen LogP contribution is 1.80. The molecule has 5 nitrogen and oxygen atoms in total. The van der Waals surface area contributed by atoms with Gasteiger partial charge in [0, 0.05) is 0 Å². The molecular weight excluding hydrogens is 186 g/mol. The van der Waals surface area contributed by atoms with Crippen LogP contribution in [0.3, 0.4) is 0 Å². The van der Waals surface area contributed by atoms with E-state index in [1.54, 1.807) is 0 Å². The molecule has 64 valence electrons. The Balaban J connectivity index is 3.93. The molecule has 0 rings (SSSR count). The number of nitrogens with one attached hydrogen (secondary N) is 2. The van der Waals surface area contributed by atoms with Crippen molar-refractivity contribution >= 4 is 27.4 Å². The molecule has 0 saturated heterocycles. The Labute approximate surface area is 70.7 Å². The summed E-state index contributed by atoms with van der Waals surface area (Å²) in [6.45, 7) is 3.26. The molecule has 0 aromatic heterocycles. The number of hydrogen-bond donors (Lipinski definition) is 3. The molecule has 0 aliphatic rings. The van der Waals surface area contributed by atoms with Gasteiger partial charge < -0.3 is 5.73 Å². The average Bonchev–Trinajstić information content (AvgIpc) is 1.84. The van der Waals surface area contributed by atoms with Crippen LogP contribution in [0.4, 0.5) is 0 Å². The topological polar surface area (TPSA) is 84.2 Å². The highest BCUT2D eigenvalue weighted by atomic mass is 32.2. The van der Waals surface area contributed by atoms with Crippen LogP contribution in [0.15, 0.2) is 12.7 Å². The smallest absolute Gasteiger partial charge is 0.231 e. The normalized spacial score (nSPS) is 10.5. The minimum atomic E-state index is -3.37. The fourth-order valence-electron chi connectivity index (χ4n) is 0.325. The van der Waals surface area contributed by atoms with Gasteiger partial charge >= 0.3 is 0 Å². The molecule has 0 aromatic carbocycles. The monoisotopic (exact) mass is 195 g/mol. The van der Waals surface area contributed by atoms with Crippen molar-refractivity contribution in [3.8, 4) is 0 Å². The van der Waals surface area contributed by atoms with Gasteiger partial charge in [-0.1, -0.05) is 6.08 Å². The fraction of sp³-hybridized carbons (Fsp3) is 0.250. The third-order valence-electron chi connectivity index (χ3n) is 0.667. The lowest BCUT2D eigenvalue weighted by molar-refractivity contribution is 0.581. The molecule has 0 aliphatic carbocycles. The van der Waals surface area contributed by atoms with Gasteiger partial charge in [0.15, 0.2) is 5.11 Å². The van der Waals surface area contributed by atoms with Gasteiger partial charge in [0.1, 0.15) is 0 Å². The number of sulfonamides is 1. The second-order valence-electron chi connectivity index (χ2n) is 1.66. The number of nitrogens with two attached hydrogens (primary N) is 1. The van der Waals surface area contributed by atoms with Crippen LogP contribution in [0, 0.1) is 0 Å². The van der Waals surface area contributed by atoms with Crippen molar-refractivity contribution in [3.05, 3.63) is 12.7 Å². The number of hydrogen-bond acceptors (Lipinski definition) is 3. The van der Waals surface area contributed by atoms with Gasteiger partial charge in [-0.25, -0.2) is 8.42 Å². The molecule has 0 heterocycles. The number of rotatable bonds is 4. The molecule has 0 aliphatic heterocycles. The Bertz CT molecular complexity index is 246. The quantitative estimate of drug-likeness (QED) is 0.299. The van der Waals surface area contributed by atoms with Crippen molar-refractivity contribution in [2.24, 2.45) is 5.73 Å². The summed E-state index contributed by atoms with van der Waals surface area (Å²) >= 11 is 4.36. The van der Waals surface area contributed by atoms with Gasteiger partial charge in [0.25, 0.3) is 0 Å². The first-order chi connectivity index (χ1) is 4.98. The predicted octanol–water partition coefficient (Wildman–Crippen LogP) is -1.16. The predicted molar refractivity (Wildman–Crippen MR) is 47.0 cm³/mol. The summed E-state index contributed by atoms with van der Waals surface area (Å²) in [4.78, 5) is 1.94. The van der Waals surface area contributed by atoms with Gasteiger partial charge in [-0.2, -0.15) is 0 Å². The van der Waals surface area contributed by atoms with Gasteiger partial charge in [-0.15, -0.1) is 11.4 Å². The highest BCUT2D eigenvalue weighted by Gasteiger charge is 2.05. The standard InChI is InChI=1S/C4H9N3O2S2/c1-2-3-11(8,9)7-6-4(5)10/h2,7H,1,3H2,(H3,5,6,10). The maximum atomic E-state index is 10.8. The zero-order valence-corrected chi connectivity index (χ0v) is 7.33. The minimum Gasteiger partial charge on any atom is -0.375 e. The number of hydrazine groups is 1. The van der Waals surface area contributed by atoms with E-state index in [1.165, 1.54) is 6.08 Å². The molecule has 0 fully saturated rings. The SMILES string of the molecule is C=CCS(=O)(=O)NNC(N)=S. The molecule has 0 atom stereocenters. The van der Waals surface area contributed by atoms with Gasteiger partial charge in [0.05, 0.1) is 5.75 Å². The highest BCUT2D eigenvalue weighted by molar-refractivity contribution is 7.89. The van der Waals surface area contributed by atoms with Crippen LogP contribution in [0.25, 0.3) is 0 Å². The lowest BCUT2D eigenvalue weighted by atomic mass is 10.8. The zero-order chi connectivity index (χ0) is 8.91. The van der Waals surface area contributed by atoms with Crippen LogP contribution in [0.2, 0.25) is 0 Å². The largest absolute Gasteiger partial charge is 0.375 e. The second kappa shape index (κ2) is 4.27. The molecule has 0 spiro atoms. The van der Waals surface area contributed by atoms with Crippen LogP contribution in [0.5, 0.6) is 0 Å². The van der Waals surface area contributed by atoms with Crippen molar-refractivity contribution in [2.75, 3.05) is 5.75 Å². The van der Waals surface area contributed by atoms with Crippen LogP contribution in [-0.4, -0.2) is 19.3 Å². The second-order valence-corrected chi connectivity index (χ2v) is 3.87. The van der Waals surface area contributed by atoms with E-state index in [9.17, 15) is 8.42 Å². The molecule has 0 bridgehead atoms. The summed E-state index contributed by atoms with van der Waals surface area (Å²) in [5, 5.41) is -0.127. The minimum absolute atomic E-state index is 0.127. The molecule has 0 amide bonds. The third kappa shape index (κ3) is 5.77. The summed E-state index contributed by atoms with van der Waals surface area (Å²) in [5.74, 6) is -0.178. The lowest BCUT2D eigenvalue weighted by Crippen LogP contribution is -2.44. The van der Waals surface area contributed by atoms with Crippen molar-refractivity contribution < 1.29 is 8.42 Å². The summed E-state index contributed by atoms with van der Waals surface area (Å²) in [5.41, 5.74) is 7.06. The molecule has 7 heteroatoms. The van der Waals surface area contributed by atoms with E-state index in [1.807, 2.05) is 4.83 Å². The van der Waals surface area contributed by atoms with Gasteiger partial charge in [-0.05, 0) is 12.2 Å². The van der Waals surface area contributed by atoms with E-state index in [4.69, 9.17) is 5.73 Å². The van der Waals surface area contributed by atoms with Crippen LogP contribution in [-0.2, 0) is 10.0 Å². The summed E-state index contributed by atoms with van der Waals surface area (Å²) in [7, 11) is -3.37. The van der Waals surface area contributed by atoms with Crippen molar-refractivity contribution in [3.63, 3.8) is 0 Å². The number of thiocarbonyl (C=S) groups is 1. The maximum absolute atomic E-state index is 10.8. The first-order valence-corrected chi connectivity index (χ1v) is 4.70. The first kappa shape index (κ1) is 10.3. The van der Waals surface area contributed by atoms with E-state index >= 15 is 0 Å². The molecule has 11 heavy (non-hydrogen) atoms. The lowest BCUT2D eigenvalue weighted by Gasteiger charge is -2.04. The maximum Gasteiger partial charge on any atom is 0.231 e. The molecule has 0 aromatic rings. The van der Waals surface area contributed by atoms with Crippen LogP contribution < -0.4 is 16.0 Å². The van der Waals surface area contributed by atoms with Gasteiger partial charge in [-0.3, -0.25) is 5.43 Å². The van der Waals surface area contributed by atoms with Crippen LogP contribution in [0.1, 0.15) is 0 Å². The van der Waals surface area contributed by atoms with Crippen molar-refractivity contribution in [1.29, 1.82) is 0 Å². The van der Waals surface area contributed by atoms with E-state index in [-0.39, 0.29) is 10.9 Å². The molecular formula is C4H9N3O2S2. The molecule has 0 radical (unpaired) electrons. The Morgan fingerprint density at radius 1 is 1.73 bits per heavy atom. The summed E-state index contributed by atoms with van der Waals surface area (Å²) in [6.07, 6.45) is 1.25. The molecule has 0 saturated carbocycles. The van der Waals surface area contributed by atoms with Crippen LogP contribution >= 0.6 is 12.2 Å². The first-order valence-electron chi connectivity index (χ1n) is 2.64. The summed E-state index contributed by atoms with van der Waals surface area (Å²) in [6, 6.07) is 0. The summed E-state index contributed by atoms with van der Waals surface area (Å²) < 4.78 is 21.5.